The van der Waals surface area contributed by atoms with Crippen molar-refractivity contribution < 1.29 is 14.7 Å². The van der Waals surface area contributed by atoms with Crippen LogP contribution in [0, 0.1) is 0 Å². The largest absolute Gasteiger partial charge is 0.479 e. The first-order valence-electron chi connectivity index (χ1n) is 8.59. The van der Waals surface area contributed by atoms with E-state index in [1.54, 1.807) is 24.3 Å². The number of nitrogens with one attached hydrogen (secondary N) is 2. The van der Waals surface area contributed by atoms with Crippen LogP contribution in [0.15, 0.2) is 71.5 Å². The Hall–Kier alpha value is -3.87. The van der Waals surface area contributed by atoms with E-state index < -0.39 is 23.5 Å². The van der Waals surface area contributed by atoms with Crippen LogP contribution in [-0.2, 0) is 11.2 Å². The lowest BCUT2D eigenvalue weighted by atomic mass is 10.1. The minimum absolute atomic E-state index is 0.160. The molecular formula is C21H19N3O4. The third kappa shape index (κ3) is 4.45. The van der Waals surface area contributed by atoms with Crippen LogP contribution >= 0.6 is 0 Å². The predicted molar refractivity (Wildman–Crippen MR) is 105 cm³/mol. The third-order valence-electron chi connectivity index (χ3n) is 4.22. The van der Waals surface area contributed by atoms with Gasteiger partial charge in [0.15, 0.2) is 6.04 Å². The van der Waals surface area contributed by atoms with Gasteiger partial charge in [-0.25, -0.2) is 4.79 Å². The molecule has 1 heterocycles. The van der Waals surface area contributed by atoms with Gasteiger partial charge in [-0.05, 0) is 35.4 Å². The number of nitrogens with two attached hydrogens (primary N) is 1. The number of aromatic amines is 1. The first-order chi connectivity index (χ1) is 13.4. The average molecular weight is 377 g/mol. The topological polar surface area (TPSA) is 125 Å². The number of H-pyrrole nitrogens is 1. The molecule has 3 rings (SSSR count). The summed E-state index contributed by atoms with van der Waals surface area (Å²) in [6.45, 7) is 0. The van der Waals surface area contributed by atoms with Crippen molar-refractivity contribution in [3.05, 3.63) is 99.5 Å². The van der Waals surface area contributed by atoms with Crippen LogP contribution in [0.3, 0.4) is 0 Å². The second-order valence-corrected chi connectivity index (χ2v) is 6.30. The maximum Gasteiger partial charge on any atom is 0.330 e. The number of carbonyl (C=O) groups excluding carboxylic acids is 1. The number of carbonyl (C=O) groups is 2. The minimum atomic E-state index is -1.32. The number of hydrogen-bond acceptors (Lipinski definition) is 4. The standard InChI is InChI=1S/C21H19N3O4/c22-15-8-4-7-14(12-15)18(21(27)28)24-20(26)17-10-9-16(23-19(17)25)11-13-5-2-1-3-6-13/h1-10,12,18H,11,22H2,(H,23,25)(H,24,26)(H,27,28)/t18-/m0/s1. The molecule has 1 amide bonds. The second-order valence-electron chi connectivity index (χ2n) is 6.30. The first-order valence-corrected chi connectivity index (χ1v) is 8.59. The van der Waals surface area contributed by atoms with Gasteiger partial charge in [0.1, 0.15) is 5.56 Å². The van der Waals surface area contributed by atoms with E-state index in [0.29, 0.717) is 23.4 Å². The molecule has 2 aromatic carbocycles. The van der Waals surface area contributed by atoms with Crippen molar-refractivity contribution in [2.45, 2.75) is 12.5 Å². The highest BCUT2D eigenvalue weighted by Crippen LogP contribution is 2.17. The van der Waals surface area contributed by atoms with Crippen LogP contribution < -0.4 is 16.6 Å². The van der Waals surface area contributed by atoms with Crippen LogP contribution in [0.25, 0.3) is 0 Å². The molecule has 3 aromatic rings. The molecule has 0 saturated carbocycles. The summed E-state index contributed by atoms with van der Waals surface area (Å²) in [5.74, 6) is -2.03. The monoisotopic (exact) mass is 377 g/mol. The van der Waals surface area contributed by atoms with E-state index in [1.807, 2.05) is 30.3 Å². The van der Waals surface area contributed by atoms with Crippen molar-refractivity contribution >= 4 is 17.6 Å². The zero-order valence-electron chi connectivity index (χ0n) is 14.9. The van der Waals surface area contributed by atoms with E-state index in [-0.39, 0.29) is 5.56 Å². The Labute approximate surface area is 160 Å². The number of aliphatic carboxylic acids is 1. The van der Waals surface area contributed by atoms with E-state index in [0.717, 1.165) is 5.56 Å². The number of benzene rings is 2. The summed E-state index contributed by atoms with van der Waals surface area (Å²) in [5, 5.41) is 11.8. The fraction of sp³-hybridized carbons (Fsp3) is 0.0952. The van der Waals surface area contributed by atoms with Gasteiger partial charge in [-0.3, -0.25) is 9.59 Å². The molecular weight excluding hydrogens is 358 g/mol. The molecule has 0 unspecified atom stereocenters. The van der Waals surface area contributed by atoms with Crippen LogP contribution in [0.1, 0.15) is 33.2 Å². The minimum Gasteiger partial charge on any atom is -0.479 e. The molecule has 0 aliphatic rings. The number of hydrogen-bond donors (Lipinski definition) is 4. The van der Waals surface area contributed by atoms with E-state index in [1.165, 1.54) is 12.1 Å². The average Bonchev–Trinajstić information content (AvgIpc) is 2.66. The van der Waals surface area contributed by atoms with E-state index in [4.69, 9.17) is 5.73 Å². The molecule has 0 aliphatic carbocycles. The van der Waals surface area contributed by atoms with Crippen molar-refractivity contribution in [2.24, 2.45) is 0 Å². The van der Waals surface area contributed by atoms with E-state index >= 15 is 0 Å². The second kappa shape index (κ2) is 8.22. The molecule has 7 nitrogen and oxygen atoms in total. The van der Waals surface area contributed by atoms with Gasteiger partial charge in [-0.15, -0.1) is 0 Å². The SMILES string of the molecule is Nc1cccc([C@H](NC(=O)c2ccc(Cc3ccccc3)[nH]c2=O)C(=O)O)c1. The van der Waals surface area contributed by atoms with E-state index in [2.05, 4.69) is 10.3 Å². The van der Waals surface area contributed by atoms with Gasteiger partial charge in [-0.2, -0.15) is 0 Å². The Kier molecular flexibility index (Phi) is 5.55. The van der Waals surface area contributed by atoms with Crippen molar-refractivity contribution in [1.29, 1.82) is 0 Å². The molecule has 0 radical (unpaired) electrons. The number of carboxylic acid groups (broad SMARTS) is 1. The fourth-order valence-corrected chi connectivity index (χ4v) is 2.85. The quantitative estimate of drug-likeness (QED) is 0.490. The van der Waals surface area contributed by atoms with Crippen molar-refractivity contribution in [1.82, 2.24) is 10.3 Å². The first kappa shape index (κ1) is 18.9. The Morgan fingerprint density at radius 3 is 2.43 bits per heavy atom. The Bertz CT molecular complexity index is 1060. The summed E-state index contributed by atoms with van der Waals surface area (Å²) in [4.78, 5) is 39.1. The summed E-state index contributed by atoms with van der Waals surface area (Å²) in [7, 11) is 0. The summed E-state index contributed by atoms with van der Waals surface area (Å²) >= 11 is 0. The van der Waals surface area contributed by atoms with Crippen molar-refractivity contribution in [3.8, 4) is 0 Å². The van der Waals surface area contributed by atoms with Gasteiger partial charge in [0.05, 0.1) is 0 Å². The van der Waals surface area contributed by atoms with Crippen molar-refractivity contribution in [3.63, 3.8) is 0 Å². The molecule has 0 fully saturated rings. The normalized spacial score (nSPS) is 11.6. The number of aromatic nitrogens is 1. The summed E-state index contributed by atoms with van der Waals surface area (Å²) in [5.41, 5.74) is 7.30. The molecule has 142 valence electrons. The molecule has 0 aliphatic heterocycles. The van der Waals surface area contributed by atoms with Gasteiger partial charge in [0, 0.05) is 17.8 Å². The molecule has 1 atom stereocenters. The summed E-state index contributed by atoms with van der Waals surface area (Å²) < 4.78 is 0. The van der Waals surface area contributed by atoms with Gasteiger partial charge >= 0.3 is 5.97 Å². The van der Waals surface area contributed by atoms with Gasteiger partial charge in [-0.1, -0.05) is 42.5 Å². The predicted octanol–water partition coefficient (Wildman–Crippen LogP) is 2.10. The van der Waals surface area contributed by atoms with E-state index in [9.17, 15) is 19.5 Å². The number of anilines is 1. The highest BCUT2D eigenvalue weighted by atomic mass is 16.4. The number of nitrogen functional groups attached to an aromatic ring is 1. The van der Waals surface area contributed by atoms with Gasteiger partial charge in [0.25, 0.3) is 11.5 Å². The number of carboxylic acids is 1. The number of rotatable bonds is 6. The highest BCUT2D eigenvalue weighted by molar-refractivity contribution is 5.96. The maximum absolute atomic E-state index is 12.5. The van der Waals surface area contributed by atoms with Crippen LogP contribution in [0.5, 0.6) is 0 Å². The van der Waals surface area contributed by atoms with Crippen LogP contribution in [-0.4, -0.2) is 22.0 Å². The van der Waals surface area contributed by atoms with Crippen molar-refractivity contribution in [2.75, 3.05) is 5.73 Å². The molecule has 0 bridgehead atoms. The van der Waals surface area contributed by atoms with Gasteiger partial charge in [0.2, 0.25) is 0 Å². The molecule has 0 saturated heterocycles. The van der Waals surface area contributed by atoms with Crippen LogP contribution in [0.2, 0.25) is 0 Å². The molecule has 1 aromatic heterocycles. The zero-order valence-corrected chi connectivity index (χ0v) is 14.9. The Balaban J connectivity index is 1.79. The fourth-order valence-electron chi connectivity index (χ4n) is 2.85. The smallest absolute Gasteiger partial charge is 0.330 e. The summed E-state index contributed by atoms with van der Waals surface area (Å²) in [6.07, 6.45) is 0.513. The van der Waals surface area contributed by atoms with Crippen LogP contribution in [0.4, 0.5) is 5.69 Å². The maximum atomic E-state index is 12.5. The Morgan fingerprint density at radius 1 is 1.04 bits per heavy atom. The lowest BCUT2D eigenvalue weighted by Gasteiger charge is -2.15. The molecule has 28 heavy (non-hydrogen) atoms. The molecule has 7 heteroatoms. The lowest BCUT2D eigenvalue weighted by Crippen LogP contribution is -2.36. The number of pyridine rings is 1. The van der Waals surface area contributed by atoms with Gasteiger partial charge < -0.3 is 21.1 Å². The Morgan fingerprint density at radius 2 is 1.79 bits per heavy atom. The summed E-state index contributed by atoms with van der Waals surface area (Å²) in [6, 6.07) is 17.5. The lowest BCUT2D eigenvalue weighted by molar-refractivity contribution is -0.139. The third-order valence-corrected chi connectivity index (χ3v) is 4.22. The highest BCUT2D eigenvalue weighted by Gasteiger charge is 2.24. The number of amides is 1. The zero-order chi connectivity index (χ0) is 20.1. The molecule has 5 N–H and O–H groups in total. The molecule has 0 spiro atoms.